The van der Waals surface area contributed by atoms with Gasteiger partial charge < -0.3 is 14.2 Å². The lowest BCUT2D eigenvalue weighted by Gasteiger charge is -2.46. The van der Waals surface area contributed by atoms with Crippen LogP contribution in [0.25, 0.3) is 0 Å². The van der Waals surface area contributed by atoms with Gasteiger partial charge >= 0.3 is 0 Å². The lowest BCUT2D eigenvalue weighted by atomic mass is 9.79. The Morgan fingerprint density at radius 3 is 2.79 bits per heavy atom. The fourth-order valence-electron chi connectivity index (χ4n) is 2.85. The molecule has 0 aromatic heterocycles. The Morgan fingerprint density at radius 1 is 1.29 bits per heavy atom. The van der Waals surface area contributed by atoms with Gasteiger partial charge in [-0.2, -0.15) is 0 Å². The molecule has 2 aliphatic rings. The predicted molar refractivity (Wildman–Crippen MR) is 53.0 cm³/mol. The van der Waals surface area contributed by atoms with Crippen LogP contribution >= 0.6 is 0 Å². The molecule has 2 aliphatic heterocycles. The highest BCUT2D eigenvalue weighted by Gasteiger charge is 2.43. The molecule has 0 radical (unpaired) electrons. The van der Waals surface area contributed by atoms with E-state index in [0.29, 0.717) is 31.3 Å². The molecule has 2 saturated heterocycles. The van der Waals surface area contributed by atoms with E-state index in [4.69, 9.17) is 14.2 Å². The number of rotatable bonds is 1. The van der Waals surface area contributed by atoms with Gasteiger partial charge in [-0.15, -0.1) is 0 Å². The van der Waals surface area contributed by atoms with Crippen LogP contribution in [0.4, 0.5) is 0 Å². The number of ether oxygens (including phenoxy) is 3. The van der Waals surface area contributed by atoms with E-state index in [0.717, 1.165) is 6.42 Å². The minimum absolute atomic E-state index is 0.150. The molecule has 5 atom stereocenters. The highest BCUT2D eigenvalue weighted by atomic mass is 16.7. The summed E-state index contributed by atoms with van der Waals surface area (Å²) in [7, 11) is 0. The minimum atomic E-state index is 0.150. The van der Waals surface area contributed by atoms with Gasteiger partial charge in [-0.25, -0.2) is 0 Å². The van der Waals surface area contributed by atoms with Crippen molar-refractivity contribution in [3.63, 3.8) is 0 Å². The van der Waals surface area contributed by atoms with Crippen molar-refractivity contribution in [1.29, 1.82) is 0 Å². The van der Waals surface area contributed by atoms with Gasteiger partial charge in [0.25, 0.3) is 0 Å². The summed E-state index contributed by atoms with van der Waals surface area (Å²) in [5, 5.41) is 0. The van der Waals surface area contributed by atoms with Crippen LogP contribution in [0.3, 0.4) is 0 Å². The van der Waals surface area contributed by atoms with E-state index in [1.165, 1.54) is 0 Å². The molecule has 2 heterocycles. The maximum atomic E-state index is 5.91. The smallest absolute Gasteiger partial charge is 0.147 e. The number of hydrogen-bond acceptors (Lipinski definition) is 3. The minimum Gasteiger partial charge on any atom is -0.370 e. The first-order valence-electron chi connectivity index (χ1n) is 5.58. The van der Waals surface area contributed by atoms with E-state index in [1.54, 1.807) is 0 Å². The monoisotopic (exact) mass is 200 g/mol. The molecule has 14 heavy (non-hydrogen) atoms. The zero-order valence-electron chi connectivity index (χ0n) is 9.23. The Labute approximate surface area is 85.7 Å². The molecule has 0 spiro atoms. The fraction of sp³-hybridized carbons (Fsp3) is 1.00. The van der Waals surface area contributed by atoms with Crippen molar-refractivity contribution >= 4 is 0 Å². The predicted octanol–water partition coefficient (Wildman–Crippen LogP) is 1.81. The van der Waals surface area contributed by atoms with Crippen LogP contribution in [0, 0.1) is 11.8 Å². The molecule has 5 unspecified atom stereocenters. The summed E-state index contributed by atoms with van der Waals surface area (Å²) in [5.41, 5.74) is 0. The van der Waals surface area contributed by atoms with Crippen molar-refractivity contribution < 1.29 is 14.2 Å². The molecule has 0 bridgehead atoms. The summed E-state index contributed by atoms with van der Waals surface area (Å²) in [6.45, 7) is 7.78. The average Bonchev–Trinajstić information content (AvgIpc) is 2.18. The second-order valence-corrected chi connectivity index (χ2v) is 4.43. The van der Waals surface area contributed by atoms with Crippen LogP contribution in [-0.4, -0.2) is 31.7 Å². The molecular weight excluding hydrogens is 180 g/mol. The van der Waals surface area contributed by atoms with Crippen LogP contribution in [0.5, 0.6) is 0 Å². The SMILES string of the molecule is CCC1C(C)OC2COCOC2C1C. The van der Waals surface area contributed by atoms with Gasteiger partial charge in [0.05, 0.1) is 18.8 Å². The molecule has 3 nitrogen and oxygen atoms in total. The van der Waals surface area contributed by atoms with E-state index in [1.807, 2.05) is 0 Å². The third-order valence-electron chi connectivity index (χ3n) is 3.65. The Bertz CT molecular complexity index is 195. The van der Waals surface area contributed by atoms with E-state index in [-0.39, 0.29) is 12.2 Å². The molecule has 0 aromatic rings. The van der Waals surface area contributed by atoms with Gasteiger partial charge in [-0.1, -0.05) is 20.3 Å². The summed E-state index contributed by atoms with van der Waals surface area (Å²) < 4.78 is 16.8. The first-order chi connectivity index (χ1) is 6.74. The zero-order chi connectivity index (χ0) is 10.1. The van der Waals surface area contributed by atoms with Gasteiger partial charge in [0.15, 0.2) is 0 Å². The van der Waals surface area contributed by atoms with Crippen molar-refractivity contribution in [3.8, 4) is 0 Å². The Hall–Kier alpha value is -0.120. The Balaban J connectivity index is 2.08. The molecule has 2 rings (SSSR count). The maximum Gasteiger partial charge on any atom is 0.147 e. The van der Waals surface area contributed by atoms with Crippen molar-refractivity contribution in [2.75, 3.05) is 13.4 Å². The molecule has 0 N–H and O–H groups in total. The highest BCUT2D eigenvalue weighted by Crippen LogP contribution is 2.35. The van der Waals surface area contributed by atoms with Gasteiger partial charge in [0.2, 0.25) is 0 Å². The lowest BCUT2D eigenvalue weighted by Crippen LogP contribution is -2.54. The van der Waals surface area contributed by atoms with Crippen LogP contribution in [0.2, 0.25) is 0 Å². The summed E-state index contributed by atoms with van der Waals surface area (Å²) in [4.78, 5) is 0. The third-order valence-corrected chi connectivity index (χ3v) is 3.65. The van der Waals surface area contributed by atoms with Gasteiger partial charge in [0, 0.05) is 0 Å². The standard InChI is InChI=1S/C11H20O3/c1-4-9-7(2)11-10(14-8(9)3)5-12-6-13-11/h7-11H,4-6H2,1-3H3. The normalized spacial score (nSPS) is 48.6. The summed E-state index contributed by atoms with van der Waals surface area (Å²) in [6, 6.07) is 0. The first-order valence-corrected chi connectivity index (χ1v) is 5.58. The molecule has 0 aliphatic carbocycles. The van der Waals surface area contributed by atoms with Gasteiger partial charge in [-0.3, -0.25) is 0 Å². The van der Waals surface area contributed by atoms with Crippen LogP contribution in [0.1, 0.15) is 27.2 Å². The Kier molecular flexibility index (Phi) is 3.10. The lowest BCUT2D eigenvalue weighted by molar-refractivity contribution is -0.267. The number of fused-ring (bicyclic) bond motifs is 1. The second kappa shape index (κ2) is 4.17. The third kappa shape index (κ3) is 1.69. The summed E-state index contributed by atoms with van der Waals surface area (Å²) in [5.74, 6) is 1.20. The van der Waals surface area contributed by atoms with Crippen LogP contribution in [0.15, 0.2) is 0 Å². The molecule has 82 valence electrons. The quantitative estimate of drug-likeness (QED) is 0.646. The Morgan fingerprint density at radius 2 is 2.07 bits per heavy atom. The largest absolute Gasteiger partial charge is 0.370 e. The zero-order valence-corrected chi connectivity index (χ0v) is 9.23. The van der Waals surface area contributed by atoms with Crippen molar-refractivity contribution in [3.05, 3.63) is 0 Å². The fourth-order valence-corrected chi connectivity index (χ4v) is 2.85. The molecule has 0 amide bonds. The molecule has 2 fully saturated rings. The highest BCUT2D eigenvalue weighted by molar-refractivity contribution is 4.89. The van der Waals surface area contributed by atoms with Gasteiger partial charge in [-0.05, 0) is 18.8 Å². The van der Waals surface area contributed by atoms with Gasteiger partial charge in [0.1, 0.15) is 12.9 Å². The van der Waals surface area contributed by atoms with Crippen LogP contribution < -0.4 is 0 Å². The average molecular weight is 200 g/mol. The molecule has 0 aromatic carbocycles. The molecule has 3 heteroatoms. The van der Waals surface area contributed by atoms with E-state index in [2.05, 4.69) is 20.8 Å². The van der Waals surface area contributed by atoms with E-state index in [9.17, 15) is 0 Å². The van der Waals surface area contributed by atoms with Crippen LogP contribution in [-0.2, 0) is 14.2 Å². The number of hydrogen-bond donors (Lipinski definition) is 0. The first kappa shape index (κ1) is 10.4. The van der Waals surface area contributed by atoms with Crippen molar-refractivity contribution in [2.45, 2.75) is 45.5 Å². The summed E-state index contributed by atoms with van der Waals surface area (Å²) >= 11 is 0. The molecule has 0 saturated carbocycles. The molecular formula is C11H20O3. The summed E-state index contributed by atoms with van der Waals surface area (Å²) in [6.07, 6.45) is 1.89. The van der Waals surface area contributed by atoms with E-state index >= 15 is 0 Å². The maximum absolute atomic E-state index is 5.91. The van der Waals surface area contributed by atoms with Crippen molar-refractivity contribution in [1.82, 2.24) is 0 Å². The van der Waals surface area contributed by atoms with E-state index < -0.39 is 0 Å². The second-order valence-electron chi connectivity index (χ2n) is 4.43. The van der Waals surface area contributed by atoms with Crippen molar-refractivity contribution in [2.24, 2.45) is 11.8 Å². The topological polar surface area (TPSA) is 27.7 Å².